The number of aromatic nitrogens is 5. The summed E-state index contributed by atoms with van der Waals surface area (Å²) in [5.41, 5.74) is -1.13. The van der Waals surface area contributed by atoms with Gasteiger partial charge in [-0.05, 0) is 12.1 Å². The lowest BCUT2D eigenvalue weighted by molar-refractivity contribution is -0.384. The van der Waals surface area contributed by atoms with Crippen LogP contribution in [0.4, 0.5) is 5.69 Å². The summed E-state index contributed by atoms with van der Waals surface area (Å²) in [6, 6.07) is 3.21. The normalized spacial score (nSPS) is 11.1. The first-order valence-electron chi connectivity index (χ1n) is 4.55. The summed E-state index contributed by atoms with van der Waals surface area (Å²) < 4.78 is 1.25. The van der Waals surface area contributed by atoms with Gasteiger partial charge in [-0.15, -0.1) is 5.10 Å². The molecule has 0 amide bonds. The standard InChI is InChI=1S/C8H4N6O3/c15-7-5-4(2-1-3-9-5)13-8(10-11-12-13)6(7)14(16)17/h1-3H,(H,10,12). The van der Waals surface area contributed by atoms with Crippen LogP contribution in [0.25, 0.3) is 16.7 Å². The van der Waals surface area contributed by atoms with Crippen molar-refractivity contribution in [3.8, 4) is 0 Å². The number of aromatic amines is 1. The third kappa shape index (κ3) is 1.13. The first-order valence-corrected chi connectivity index (χ1v) is 4.55. The molecular weight excluding hydrogens is 228 g/mol. The number of pyridine rings is 2. The third-order valence-electron chi connectivity index (χ3n) is 2.35. The Morgan fingerprint density at radius 1 is 1.47 bits per heavy atom. The van der Waals surface area contributed by atoms with Gasteiger partial charge in [-0.25, -0.2) is 4.52 Å². The largest absolute Gasteiger partial charge is 0.364 e. The Balaban J connectivity index is 2.71. The van der Waals surface area contributed by atoms with Gasteiger partial charge < -0.3 is 0 Å². The van der Waals surface area contributed by atoms with E-state index in [4.69, 9.17) is 0 Å². The average molecular weight is 232 g/mol. The van der Waals surface area contributed by atoms with Crippen LogP contribution in [0.3, 0.4) is 0 Å². The molecule has 0 bridgehead atoms. The quantitative estimate of drug-likeness (QED) is 0.461. The molecule has 17 heavy (non-hydrogen) atoms. The van der Waals surface area contributed by atoms with E-state index in [1.54, 1.807) is 12.1 Å². The number of nitro groups is 1. The highest BCUT2D eigenvalue weighted by Crippen LogP contribution is 2.16. The summed E-state index contributed by atoms with van der Waals surface area (Å²) in [5.74, 6) is 0. The summed E-state index contributed by atoms with van der Waals surface area (Å²) in [4.78, 5) is 25.8. The van der Waals surface area contributed by atoms with E-state index in [-0.39, 0.29) is 11.2 Å². The van der Waals surface area contributed by atoms with E-state index in [0.717, 1.165) is 0 Å². The second-order valence-corrected chi connectivity index (χ2v) is 3.26. The Morgan fingerprint density at radius 3 is 3.06 bits per heavy atom. The molecule has 1 N–H and O–H groups in total. The van der Waals surface area contributed by atoms with Gasteiger partial charge in [0.05, 0.1) is 10.4 Å². The third-order valence-corrected chi connectivity index (χ3v) is 2.35. The molecule has 0 spiro atoms. The monoisotopic (exact) mass is 232 g/mol. The average Bonchev–Trinajstić information content (AvgIpc) is 2.78. The van der Waals surface area contributed by atoms with Crippen molar-refractivity contribution in [3.63, 3.8) is 0 Å². The number of fused-ring (bicyclic) bond motifs is 3. The molecule has 0 aromatic carbocycles. The Hall–Kier alpha value is -2.84. The van der Waals surface area contributed by atoms with Gasteiger partial charge in [0.2, 0.25) is 0 Å². The van der Waals surface area contributed by atoms with Crippen LogP contribution in [0.5, 0.6) is 0 Å². The lowest BCUT2D eigenvalue weighted by Gasteiger charge is -1.98. The Labute approximate surface area is 91.8 Å². The molecule has 3 aromatic rings. The topological polar surface area (TPSA) is 119 Å². The van der Waals surface area contributed by atoms with E-state index in [1.807, 2.05) is 0 Å². The predicted molar refractivity (Wildman–Crippen MR) is 55.6 cm³/mol. The van der Waals surface area contributed by atoms with Crippen molar-refractivity contribution >= 4 is 22.4 Å². The minimum Gasteiger partial charge on any atom is -0.280 e. The molecule has 3 heterocycles. The molecule has 0 saturated heterocycles. The van der Waals surface area contributed by atoms with Gasteiger partial charge in [-0.1, -0.05) is 5.21 Å². The van der Waals surface area contributed by atoms with E-state index in [0.29, 0.717) is 5.52 Å². The summed E-state index contributed by atoms with van der Waals surface area (Å²) in [6.45, 7) is 0. The Bertz CT molecular complexity index is 804. The Kier molecular flexibility index (Phi) is 1.70. The zero-order valence-corrected chi connectivity index (χ0v) is 8.19. The zero-order chi connectivity index (χ0) is 12.0. The van der Waals surface area contributed by atoms with E-state index < -0.39 is 16.0 Å². The highest BCUT2D eigenvalue weighted by Gasteiger charge is 2.24. The molecule has 0 unspecified atom stereocenters. The van der Waals surface area contributed by atoms with Crippen molar-refractivity contribution in [1.29, 1.82) is 0 Å². The molecular formula is C8H4N6O3. The van der Waals surface area contributed by atoms with Gasteiger partial charge in [-0.3, -0.25) is 19.9 Å². The number of rotatable bonds is 1. The lowest BCUT2D eigenvalue weighted by atomic mass is 10.3. The van der Waals surface area contributed by atoms with Crippen molar-refractivity contribution in [2.75, 3.05) is 0 Å². The number of H-pyrrole nitrogens is 1. The molecule has 0 radical (unpaired) electrons. The van der Waals surface area contributed by atoms with E-state index >= 15 is 0 Å². The highest BCUT2D eigenvalue weighted by atomic mass is 16.6. The SMILES string of the molecule is O=c1c([N+](=O)[O-])c2nn[nH]n2c2cccnc12. The van der Waals surface area contributed by atoms with Crippen molar-refractivity contribution in [1.82, 2.24) is 25.0 Å². The van der Waals surface area contributed by atoms with Crippen LogP contribution >= 0.6 is 0 Å². The maximum atomic E-state index is 11.9. The summed E-state index contributed by atoms with van der Waals surface area (Å²) in [6.07, 6.45) is 1.39. The minimum absolute atomic E-state index is 0.00255. The molecule has 0 aliphatic heterocycles. The first-order chi connectivity index (χ1) is 8.20. The molecule has 0 saturated carbocycles. The molecule has 84 valence electrons. The Morgan fingerprint density at radius 2 is 2.29 bits per heavy atom. The van der Waals surface area contributed by atoms with Gasteiger partial charge in [0, 0.05) is 6.20 Å². The lowest BCUT2D eigenvalue weighted by Crippen LogP contribution is -2.13. The van der Waals surface area contributed by atoms with Crippen LogP contribution in [0.1, 0.15) is 0 Å². The van der Waals surface area contributed by atoms with Gasteiger partial charge in [0.15, 0.2) is 0 Å². The van der Waals surface area contributed by atoms with Gasteiger partial charge >= 0.3 is 5.69 Å². The van der Waals surface area contributed by atoms with Gasteiger partial charge in [0.25, 0.3) is 11.1 Å². The fourth-order valence-corrected chi connectivity index (χ4v) is 1.66. The number of hydrogen-bond acceptors (Lipinski definition) is 6. The van der Waals surface area contributed by atoms with Crippen molar-refractivity contribution in [2.45, 2.75) is 0 Å². The van der Waals surface area contributed by atoms with E-state index in [9.17, 15) is 14.9 Å². The molecule has 3 aromatic heterocycles. The predicted octanol–water partition coefficient (Wildman–Crippen LogP) is -0.126. The second kappa shape index (κ2) is 3.07. The smallest absolute Gasteiger partial charge is 0.280 e. The molecule has 0 aliphatic rings. The number of hydrogen-bond donors (Lipinski definition) is 1. The fourth-order valence-electron chi connectivity index (χ4n) is 1.66. The van der Waals surface area contributed by atoms with E-state index in [1.165, 1.54) is 10.7 Å². The van der Waals surface area contributed by atoms with Crippen LogP contribution in [0.15, 0.2) is 23.1 Å². The number of nitrogens with one attached hydrogen (secondary N) is 1. The minimum atomic E-state index is -0.783. The van der Waals surface area contributed by atoms with Crippen molar-refractivity contribution in [2.24, 2.45) is 0 Å². The van der Waals surface area contributed by atoms with E-state index in [2.05, 4.69) is 20.5 Å². The summed E-state index contributed by atoms with van der Waals surface area (Å²) >= 11 is 0. The van der Waals surface area contributed by atoms with Crippen LogP contribution in [0.2, 0.25) is 0 Å². The second-order valence-electron chi connectivity index (χ2n) is 3.26. The molecule has 9 nitrogen and oxygen atoms in total. The van der Waals surface area contributed by atoms with Crippen LogP contribution in [0, 0.1) is 10.1 Å². The summed E-state index contributed by atoms with van der Waals surface area (Å²) in [7, 11) is 0. The number of tetrazole rings is 1. The molecule has 0 atom stereocenters. The summed E-state index contributed by atoms with van der Waals surface area (Å²) in [5, 5.41) is 20.3. The maximum Gasteiger partial charge on any atom is 0.364 e. The van der Waals surface area contributed by atoms with Crippen LogP contribution in [-0.4, -0.2) is 29.9 Å². The van der Waals surface area contributed by atoms with Crippen molar-refractivity contribution < 1.29 is 4.92 Å². The van der Waals surface area contributed by atoms with Gasteiger partial charge in [-0.2, -0.15) is 5.21 Å². The fraction of sp³-hybridized carbons (Fsp3) is 0. The van der Waals surface area contributed by atoms with Crippen LogP contribution < -0.4 is 5.43 Å². The molecule has 3 rings (SSSR count). The molecule has 9 heteroatoms. The first kappa shape index (κ1) is 9.39. The maximum absolute atomic E-state index is 11.9. The number of nitrogens with zero attached hydrogens (tertiary/aromatic N) is 5. The zero-order valence-electron chi connectivity index (χ0n) is 8.19. The molecule has 0 aliphatic carbocycles. The van der Waals surface area contributed by atoms with Gasteiger partial charge in [0.1, 0.15) is 5.52 Å². The van der Waals surface area contributed by atoms with Crippen molar-refractivity contribution in [3.05, 3.63) is 38.7 Å². The highest BCUT2D eigenvalue weighted by molar-refractivity contribution is 5.82. The van der Waals surface area contributed by atoms with Crippen LogP contribution in [-0.2, 0) is 0 Å². The molecule has 0 fully saturated rings.